The molecule has 96 valence electrons. The van der Waals surface area contributed by atoms with E-state index in [1.54, 1.807) is 0 Å². The van der Waals surface area contributed by atoms with Crippen molar-refractivity contribution < 1.29 is 4.74 Å². The van der Waals surface area contributed by atoms with Gasteiger partial charge in [-0.15, -0.1) is 0 Å². The first-order chi connectivity index (χ1) is 8.14. The first kappa shape index (κ1) is 12.5. The summed E-state index contributed by atoms with van der Waals surface area (Å²) in [5.41, 5.74) is 6.62. The van der Waals surface area contributed by atoms with E-state index in [4.69, 9.17) is 10.5 Å². The van der Waals surface area contributed by atoms with Gasteiger partial charge in [0, 0.05) is 38.0 Å². The molecular formula is C12H22N4O. The smallest absolute Gasteiger partial charge is 0.0950 e. The predicted molar refractivity (Wildman–Crippen MR) is 66.6 cm³/mol. The number of aromatic nitrogens is 2. The van der Waals surface area contributed by atoms with E-state index in [2.05, 4.69) is 24.1 Å². The molecular weight excluding hydrogens is 216 g/mol. The molecule has 0 amide bonds. The van der Waals surface area contributed by atoms with Gasteiger partial charge in [0.25, 0.3) is 0 Å². The van der Waals surface area contributed by atoms with Gasteiger partial charge in [0.05, 0.1) is 18.1 Å². The molecule has 1 aliphatic heterocycles. The molecule has 0 aliphatic carbocycles. The second-order valence-electron chi connectivity index (χ2n) is 4.93. The van der Waals surface area contributed by atoms with E-state index in [0.717, 1.165) is 31.8 Å². The van der Waals surface area contributed by atoms with E-state index in [-0.39, 0.29) is 11.6 Å². The summed E-state index contributed by atoms with van der Waals surface area (Å²) in [7, 11) is 0. The molecule has 2 atom stereocenters. The SMILES string of the molecule is CC1OCCC1(C)NCc1cn(CCN)cn1. The number of nitrogens with one attached hydrogen (secondary N) is 1. The van der Waals surface area contributed by atoms with E-state index in [0.29, 0.717) is 6.54 Å². The molecule has 1 aromatic heterocycles. The molecule has 2 rings (SSSR count). The van der Waals surface area contributed by atoms with Gasteiger partial charge in [0.2, 0.25) is 0 Å². The van der Waals surface area contributed by atoms with Crippen molar-refractivity contribution in [3.8, 4) is 0 Å². The minimum atomic E-state index is 0.0671. The average molecular weight is 238 g/mol. The lowest BCUT2D eigenvalue weighted by Crippen LogP contribution is -2.47. The standard InChI is InChI=1S/C12H22N4O/c1-10-12(2,3-6-17-10)15-7-11-8-16(5-4-13)9-14-11/h8-10,15H,3-7,13H2,1-2H3. The van der Waals surface area contributed by atoms with E-state index in [9.17, 15) is 0 Å². The van der Waals surface area contributed by atoms with Crippen LogP contribution in [0.15, 0.2) is 12.5 Å². The van der Waals surface area contributed by atoms with Gasteiger partial charge in [-0.2, -0.15) is 0 Å². The van der Waals surface area contributed by atoms with Crippen molar-refractivity contribution in [1.29, 1.82) is 0 Å². The molecule has 5 nitrogen and oxygen atoms in total. The van der Waals surface area contributed by atoms with Gasteiger partial charge >= 0.3 is 0 Å². The summed E-state index contributed by atoms with van der Waals surface area (Å²) in [4.78, 5) is 4.36. The highest BCUT2D eigenvalue weighted by Crippen LogP contribution is 2.25. The zero-order valence-corrected chi connectivity index (χ0v) is 10.6. The van der Waals surface area contributed by atoms with Gasteiger partial charge in [-0.25, -0.2) is 4.98 Å². The quantitative estimate of drug-likeness (QED) is 0.784. The Kier molecular flexibility index (Phi) is 3.81. The lowest BCUT2D eigenvalue weighted by Gasteiger charge is -2.28. The zero-order valence-electron chi connectivity index (χ0n) is 10.6. The molecule has 1 saturated heterocycles. The maximum atomic E-state index is 5.60. The first-order valence-corrected chi connectivity index (χ1v) is 6.21. The van der Waals surface area contributed by atoms with Crippen LogP contribution in [0.5, 0.6) is 0 Å². The summed E-state index contributed by atoms with van der Waals surface area (Å²) in [6.07, 6.45) is 5.19. The van der Waals surface area contributed by atoms with Crippen molar-refractivity contribution in [3.63, 3.8) is 0 Å². The Labute approximate surface area is 102 Å². The third-order valence-corrected chi connectivity index (χ3v) is 3.63. The third kappa shape index (κ3) is 2.86. The molecule has 2 heterocycles. The Morgan fingerprint density at radius 3 is 3.18 bits per heavy atom. The molecule has 1 aromatic rings. The topological polar surface area (TPSA) is 65.1 Å². The lowest BCUT2D eigenvalue weighted by atomic mass is 9.95. The minimum Gasteiger partial charge on any atom is -0.377 e. The Hall–Kier alpha value is -0.910. The van der Waals surface area contributed by atoms with Crippen LogP contribution in [0.1, 0.15) is 26.0 Å². The fourth-order valence-electron chi connectivity index (χ4n) is 2.13. The largest absolute Gasteiger partial charge is 0.377 e. The summed E-state index contributed by atoms with van der Waals surface area (Å²) in [6, 6.07) is 0. The molecule has 3 N–H and O–H groups in total. The fraction of sp³-hybridized carbons (Fsp3) is 0.750. The van der Waals surface area contributed by atoms with Crippen molar-refractivity contribution >= 4 is 0 Å². The number of hydrogen-bond donors (Lipinski definition) is 2. The highest BCUT2D eigenvalue weighted by Gasteiger charge is 2.36. The van der Waals surface area contributed by atoms with Crippen molar-refractivity contribution in [2.45, 2.75) is 45.0 Å². The molecule has 2 unspecified atom stereocenters. The van der Waals surface area contributed by atoms with Crippen LogP contribution < -0.4 is 11.1 Å². The van der Waals surface area contributed by atoms with E-state index in [1.165, 1.54) is 0 Å². The van der Waals surface area contributed by atoms with Crippen molar-refractivity contribution in [1.82, 2.24) is 14.9 Å². The number of imidazole rings is 1. The van der Waals surface area contributed by atoms with E-state index < -0.39 is 0 Å². The van der Waals surface area contributed by atoms with Crippen LogP contribution in [0.25, 0.3) is 0 Å². The van der Waals surface area contributed by atoms with Crippen LogP contribution >= 0.6 is 0 Å². The Bertz CT molecular complexity index is 365. The normalized spacial score (nSPS) is 28.8. The second kappa shape index (κ2) is 5.16. The Morgan fingerprint density at radius 2 is 2.53 bits per heavy atom. The molecule has 0 saturated carbocycles. The number of nitrogens with zero attached hydrogens (tertiary/aromatic N) is 2. The highest BCUT2D eigenvalue weighted by atomic mass is 16.5. The van der Waals surface area contributed by atoms with Crippen LogP contribution in [0.3, 0.4) is 0 Å². The van der Waals surface area contributed by atoms with Crippen LogP contribution in [-0.4, -0.2) is 34.3 Å². The summed E-state index contributed by atoms with van der Waals surface area (Å²) in [5, 5.41) is 3.55. The first-order valence-electron chi connectivity index (χ1n) is 6.21. The molecule has 5 heteroatoms. The van der Waals surface area contributed by atoms with E-state index in [1.807, 2.05) is 17.1 Å². The summed E-state index contributed by atoms with van der Waals surface area (Å²) in [6.45, 7) is 7.41. The van der Waals surface area contributed by atoms with Gasteiger partial charge in [0.1, 0.15) is 0 Å². The number of hydrogen-bond acceptors (Lipinski definition) is 4. The maximum absolute atomic E-state index is 5.60. The molecule has 1 aliphatic rings. The summed E-state index contributed by atoms with van der Waals surface area (Å²) < 4.78 is 7.62. The summed E-state index contributed by atoms with van der Waals surface area (Å²) in [5.74, 6) is 0. The van der Waals surface area contributed by atoms with Crippen molar-refractivity contribution in [3.05, 3.63) is 18.2 Å². The van der Waals surface area contributed by atoms with Gasteiger partial charge in [-0.05, 0) is 20.3 Å². The molecule has 17 heavy (non-hydrogen) atoms. The maximum Gasteiger partial charge on any atom is 0.0950 e. The molecule has 0 aromatic carbocycles. The van der Waals surface area contributed by atoms with Crippen LogP contribution in [0.2, 0.25) is 0 Å². The molecule has 1 fully saturated rings. The number of ether oxygens (including phenoxy) is 1. The fourth-order valence-corrected chi connectivity index (χ4v) is 2.13. The lowest BCUT2D eigenvalue weighted by molar-refractivity contribution is 0.0880. The minimum absolute atomic E-state index is 0.0671. The monoisotopic (exact) mass is 238 g/mol. The number of nitrogens with two attached hydrogens (primary N) is 1. The van der Waals surface area contributed by atoms with Gasteiger partial charge < -0.3 is 20.4 Å². The molecule has 0 radical (unpaired) electrons. The van der Waals surface area contributed by atoms with Crippen LogP contribution in [0.4, 0.5) is 0 Å². The second-order valence-corrected chi connectivity index (χ2v) is 4.93. The van der Waals surface area contributed by atoms with Crippen LogP contribution in [-0.2, 0) is 17.8 Å². The Morgan fingerprint density at radius 1 is 1.71 bits per heavy atom. The van der Waals surface area contributed by atoms with E-state index >= 15 is 0 Å². The Balaban J connectivity index is 1.88. The third-order valence-electron chi connectivity index (χ3n) is 3.63. The van der Waals surface area contributed by atoms with Gasteiger partial charge in [0.15, 0.2) is 0 Å². The highest BCUT2D eigenvalue weighted by molar-refractivity contribution is 5.00. The summed E-state index contributed by atoms with van der Waals surface area (Å²) >= 11 is 0. The van der Waals surface area contributed by atoms with Gasteiger partial charge in [-0.1, -0.05) is 0 Å². The van der Waals surface area contributed by atoms with Crippen molar-refractivity contribution in [2.24, 2.45) is 5.73 Å². The van der Waals surface area contributed by atoms with Crippen LogP contribution in [0, 0.1) is 0 Å². The van der Waals surface area contributed by atoms with Crippen molar-refractivity contribution in [2.75, 3.05) is 13.2 Å². The number of rotatable bonds is 5. The predicted octanol–water partition coefficient (Wildman–Crippen LogP) is 0.499. The zero-order chi connectivity index (χ0) is 12.3. The average Bonchev–Trinajstić information content (AvgIpc) is 2.86. The van der Waals surface area contributed by atoms with Gasteiger partial charge in [-0.3, -0.25) is 0 Å². The molecule has 0 bridgehead atoms. The molecule has 0 spiro atoms.